The molecule has 1 unspecified atom stereocenters. The molecule has 1 saturated heterocycles. The van der Waals surface area contributed by atoms with Crippen LogP contribution < -0.4 is 19.1 Å². The number of hydrogen-bond donors (Lipinski definition) is 1. The van der Waals surface area contributed by atoms with Crippen LogP contribution in [0.1, 0.15) is 24.5 Å². The van der Waals surface area contributed by atoms with Gasteiger partial charge in [0.2, 0.25) is 5.75 Å². The number of piperidine rings is 1. The van der Waals surface area contributed by atoms with Crippen molar-refractivity contribution in [1.82, 2.24) is 9.97 Å². The maximum atomic E-state index is 13.2. The predicted molar refractivity (Wildman–Crippen MR) is 115 cm³/mol. The van der Waals surface area contributed by atoms with Crippen LogP contribution in [0.4, 0.5) is 10.2 Å². The Hall–Kier alpha value is -3.13. The lowest BCUT2D eigenvalue weighted by atomic mass is 9.87. The fraction of sp³-hybridized carbons (Fsp3) is 0.391. The molecule has 4 rings (SSSR count). The van der Waals surface area contributed by atoms with Gasteiger partial charge in [0.25, 0.3) is 0 Å². The van der Waals surface area contributed by atoms with Gasteiger partial charge >= 0.3 is 0 Å². The van der Waals surface area contributed by atoms with Crippen molar-refractivity contribution in [2.24, 2.45) is 5.92 Å². The lowest BCUT2D eigenvalue weighted by Gasteiger charge is -2.35. The van der Waals surface area contributed by atoms with Crippen molar-refractivity contribution in [3.8, 4) is 17.2 Å². The molecular formula is C23H26FN3O4. The fourth-order valence-electron chi connectivity index (χ4n) is 4.26. The van der Waals surface area contributed by atoms with Gasteiger partial charge in [-0.25, -0.2) is 14.4 Å². The highest BCUT2D eigenvalue weighted by molar-refractivity contribution is 5.97. The number of halogens is 1. The normalized spacial score (nSPS) is 15.7. The molecule has 1 aliphatic heterocycles. The number of aromatic nitrogens is 2. The molecule has 0 spiro atoms. The van der Waals surface area contributed by atoms with Crippen molar-refractivity contribution in [3.05, 3.63) is 48.0 Å². The highest BCUT2D eigenvalue weighted by Gasteiger charge is 2.28. The van der Waals surface area contributed by atoms with Gasteiger partial charge in [-0.2, -0.15) is 0 Å². The second-order valence-electron chi connectivity index (χ2n) is 7.56. The topological polar surface area (TPSA) is 76.9 Å². The van der Waals surface area contributed by atoms with Crippen LogP contribution in [0.5, 0.6) is 17.2 Å². The van der Waals surface area contributed by atoms with Gasteiger partial charge in [0.15, 0.2) is 11.5 Å². The zero-order chi connectivity index (χ0) is 22.0. The van der Waals surface area contributed by atoms with E-state index in [4.69, 9.17) is 14.2 Å². The van der Waals surface area contributed by atoms with Crippen molar-refractivity contribution in [2.45, 2.75) is 18.9 Å². The van der Waals surface area contributed by atoms with E-state index in [1.807, 2.05) is 6.07 Å². The first-order valence-corrected chi connectivity index (χ1v) is 10.2. The number of ether oxygens (including phenoxy) is 3. The van der Waals surface area contributed by atoms with Crippen molar-refractivity contribution in [1.29, 1.82) is 0 Å². The standard InChI is InChI=1S/C23H26FN3O4/c1-29-18-12-17-19(22(31-3)21(18)30-2)25-13-26-23(17)27-10-8-15(9-11-27)20(28)14-4-6-16(24)7-5-14/h4-7,12-13,15,20,28H,8-11H2,1-3H3. The number of aliphatic hydroxyl groups excluding tert-OH is 1. The van der Waals surface area contributed by atoms with Crippen LogP contribution in [0.25, 0.3) is 10.9 Å². The van der Waals surface area contributed by atoms with Crippen LogP contribution in [0.15, 0.2) is 36.7 Å². The monoisotopic (exact) mass is 427 g/mol. The Morgan fingerprint density at radius 2 is 1.68 bits per heavy atom. The molecule has 2 aromatic carbocycles. The summed E-state index contributed by atoms with van der Waals surface area (Å²) in [5, 5.41) is 11.6. The summed E-state index contributed by atoms with van der Waals surface area (Å²) in [4.78, 5) is 11.1. The number of rotatable bonds is 6. The predicted octanol–water partition coefficient (Wildman–Crippen LogP) is 3.74. The minimum Gasteiger partial charge on any atom is -0.493 e. The van der Waals surface area contributed by atoms with Gasteiger partial charge in [0.1, 0.15) is 23.5 Å². The minimum absolute atomic E-state index is 0.0963. The summed E-state index contributed by atoms with van der Waals surface area (Å²) < 4.78 is 29.7. The van der Waals surface area contributed by atoms with Crippen LogP contribution in [0.2, 0.25) is 0 Å². The second-order valence-corrected chi connectivity index (χ2v) is 7.56. The molecule has 1 atom stereocenters. The number of benzene rings is 2. The zero-order valence-electron chi connectivity index (χ0n) is 17.8. The summed E-state index contributed by atoms with van der Waals surface area (Å²) in [5.74, 6) is 2.12. The number of fused-ring (bicyclic) bond motifs is 1. The molecule has 1 aromatic heterocycles. The van der Waals surface area contributed by atoms with Gasteiger partial charge in [-0.05, 0) is 42.5 Å². The molecule has 164 valence electrons. The minimum atomic E-state index is -0.616. The first-order valence-electron chi connectivity index (χ1n) is 10.2. The molecule has 2 heterocycles. The third kappa shape index (κ3) is 3.95. The van der Waals surface area contributed by atoms with Crippen LogP contribution in [0, 0.1) is 11.7 Å². The van der Waals surface area contributed by atoms with Gasteiger partial charge < -0.3 is 24.2 Å². The number of anilines is 1. The Morgan fingerprint density at radius 3 is 2.29 bits per heavy atom. The molecule has 31 heavy (non-hydrogen) atoms. The smallest absolute Gasteiger partial charge is 0.205 e. The van der Waals surface area contributed by atoms with E-state index in [0.29, 0.717) is 22.8 Å². The van der Waals surface area contributed by atoms with Gasteiger partial charge in [0.05, 0.1) is 32.8 Å². The summed E-state index contributed by atoms with van der Waals surface area (Å²) in [6, 6.07) is 7.93. The van der Waals surface area contributed by atoms with Crippen molar-refractivity contribution >= 4 is 16.7 Å². The molecule has 0 saturated carbocycles. The number of hydrogen-bond acceptors (Lipinski definition) is 7. The fourth-order valence-corrected chi connectivity index (χ4v) is 4.26. The van der Waals surface area contributed by atoms with E-state index < -0.39 is 6.10 Å². The molecule has 0 aliphatic carbocycles. The van der Waals surface area contributed by atoms with Crippen LogP contribution in [-0.2, 0) is 0 Å². The maximum absolute atomic E-state index is 13.2. The van der Waals surface area contributed by atoms with E-state index >= 15 is 0 Å². The van der Waals surface area contributed by atoms with Gasteiger partial charge in [0, 0.05) is 13.1 Å². The molecule has 0 bridgehead atoms. The molecule has 1 fully saturated rings. The lowest BCUT2D eigenvalue weighted by molar-refractivity contribution is 0.0928. The van der Waals surface area contributed by atoms with E-state index in [-0.39, 0.29) is 11.7 Å². The molecule has 7 nitrogen and oxygen atoms in total. The summed E-state index contributed by atoms with van der Waals surface area (Å²) in [7, 11) is 4.71. The molecule has 8 heteroatoms. The number of nitrogens with zero attached hydrogens (tertiary/aromatic N) is 3. The summed E-state index contributed by atoms with van der Waals surface area (Å²) in [6.07, 6.45) is 2.48. The largest absolute Gasteiger partial charge is 0.493 e. The van der Waals surface area contributed by atoms with Crippen LogP contribution in [-0.4, -0.2) is 49.5 Å². The molecule has 0 amide bonds. The second kappa shape index (κ2) is 8.93. The van der Waals surface area contributed by atoms with E-state index in [1.54, 1.807) is 33.5 Å². The average Bonchev–Trinajstić information content (AvgIpc) is 2.82. The quantitative estimate of drug-likeness (QED) is 0.642. The summed E-state index contributed by atoms with van der Waals surface area (Å²) >= 11 is 0. The van der Waals surface area contributed by atoms with Crippen LogP contribution >= 0.6 is 0 Å². The Kier molecular flexibility index (Phi) is 6.08. The third-order valence-corrected chi connectivity index (χ3v) is 5.91. The third-order valence-electron chi connectivity index (χ3n) is 5.91. The Labute approximate surface area is 180 Å². The molecule has 1 N–H and O–H groups in total. The summed E-state index contributed by atoms with van der Waals surface area (Å²) in [5.41, 5.74) is 1.40. The van der Waals surface area contributed by atoms with E-state index in [0.717, 1.165) is 42.7 Å². The lowest BCUT2D eigenvalue weighted by Crippen LogP contribution is -2.36. The summed E-state index contributed by atoms with van der Waals surface area (Å²) in [6.45, 7) is 1.46. The molecular weight excluding hydrogens is 401 g/mol. The maximum Gasteiger partial charge on any atom is 0.205 e. The van der Waals surface area contributed by atoms with E-state index in [1.165, 1.54) is 18.5 Å². The Balaban J connectivity index is 1.60. The van der Waals surface area contributed by atoms with Crippen molar-refractivity contribution < 1.29 is 23.7 Å². The van der Waals surface area contributed by atoms with E-state index in [9.17, 15) is 9.50 Å². The molecule has 3 aromatic rings. The van der Waals surface area contributed by atoms with Gasteiger partial charge in [-0.3, -0.25) is 0 Å². The van der Waals surface area contributed by atoms with Crippen molar-refractivity contribution in [2.75, 3.05) is 39.3 Å². The van der Waals surface area contributed by atoms with Crippen molar-refractivity contribution in [3.63, 3.8) is 0 Å². The zero-order valence-corrected chi connectivity index (χ0v) is 17.8. The van der Waals surface area contributed by atoms with Gasteiger partial charge in [-0.15, -0.1) is 0 Å². The average molecular weight is 427 g/mol. The highest BCUT2D eigenvalue weighted by atomic mass is 19.1. The molecule has 0 radical (unpaired) electrons. The Bertz CT molecular complexity index is 1050. The Morgan fingerprint density at radius 1 is 1.00 bits per heavy atom. The first kappa shape index (κ1) is 21.1. The van der Waals surface area contributed by atoms with Gasteiger partial charge in [-0.1, -0.05) is 12.1 Å². The molecule has 1 aliphatic rings. The highest BCUT2D eigenvalue weighted by Crippen LogP contribution is 2.44. The number of aliphatic hydroxyl groups is 1. The van der Waals surface area contributed by atoms with Crippen LogP contribution in [0.3, 0.4) is 0 Å². The number of methoxy groups -OCH3 is 3. The SMILES string of the molecule is COc1cc2c(N3CCC(C(O)c4ccc(F)cc4)CC3)ncnc2c(OC)c1OC. The first-order chi connectivity index (χ1) is 15.1. The van der Waals surface area contributed by atoms with E-state index in [2.05, 4.69) is 14.9 Å².